The van der Waals surface area contributed by atoms with Crippen molar-refractivity contribution in [2.45, 2.75) is 13.8 Å². The van der Waals surface area contributed by atoms with Crippen molar-refractivity contribution in [3.05, 3.63) is 45.6 Å². The third-order valence-electron chi connectivity index (χ3n) is 4.11. The molecule has 0 radical (unpaired) electrons. The molecule has 7 nitrogen and oxygen atoms in total. The Hall–Kier alpha value is -2.32. The van der Waals surface area contributed by atoms with Crippen LogP contribution < -0.4 is 15.6 Å². The minimum Gasteiger partial charge on any atom is -0.438 e. The number of aryl methyl sites for hydroxylation is 2. The fraction of sp³-hybridized carbons (Fsp3) is 0.333. The van der Waals surface area contributed by atoms with E-state index in [4.69, 9.17) is 9.15 Å². The highest BCUT2D eigenvalue weighted by Gasteiger charge is 2.18. The lowest BCUT2D eigenvalue weighted by molar-refractivity contribution is 0.120. The Bertz CT molecular complexity index is 813. The van der Waals surface area contributed by atoms with E-state index in [0.717, 1.165) is 34.7 Å². The number of nitrogens with one attached hydrogen (secondary N) is 2. The fourth-order valence-corrected chi connectivity index (χ4v) is 3.11. The number of furan rings is 1. The third kappa shape index (κ3) is 4.64. The van der Waals surface area contributed by atoms with Gasteiger partial charge < -0.3 is 19.4 Å². The van der Waals surface area contributed by atoms with E-state index in [1.165, 1.54) is 11.8 Å². The number of ether oxygens (including phenoxy) is 1. The first kappa shape index (κ1) is 18.5. The summed E-state index contributed by atoms with van der Waals surface area (Å²) in [5.41, 5.74) is 5.44. The van der Waals surface area contributed by atoms with Crippen molar-refractivity contribution < 1.29 is 13.9 Å². The first-order valence-corrected chi connectivity index (χ1v) is 9.11. The summed E-state index contributed by atoms with van der Waals surface area (Å²) in [7, 11) is 0. The van der Waals surface area contributed by atoms with Crippen LogP contribution in [0.15, 0.2) is 38.3 Å². The Kier molecular flexibility index (Phi) is 5.95. The van der Waals surface area contributed by atoms with Crippen LogP contribution in [0.25, 0.3) is 0 Å². The molecule has 8 heteroatoms. The Morgan fingerprint density at radius 3 is 2.73 bits per heavy atom. The summed E-state index contributed by atoms with van der Waals surface area (Å²) in [5, 5.41) is 6.67. The van der Waals surface area contributed by atoms with Gasteiger partial charge in [-0.1, -0.05) is 6.07 Å². The first-order valence-electron chi connectivity index (χ1n) is 8.32. The van der Waals surface area contributed by atoms with Gasteiger partial charge in [0.05, 0.1) is 23.9 Å². The molecule has 3 rings (SSSR count). The quantitative estimate of drug-likeness (QED) is 0.584. The maximum atomic E-state index is 11.9. The molecule has 0 aliphatic carbocycles. The van der Waals surface area contributed by atoms with Crippen LogP contribution in [0, 0.1) is 13.8 Å². The minimum absolute atomic E-state index is 0.413. The largest absolute Gasteiger partial charge is 0.438 e. The molecule has 0 atom stereocenters. The molecular weight excluding hydrogens is 400 g/mol. The van der Waals surface area contributed by atoms with E-state index < -0.39 is 6.03 Å². The molecule has 1 aromatic carbocycles. The number of halogens is 1. The lowest BCUT2D eigenvalue weighted by Gasteiger charge is -2.26. The number of urea groups is 1. The summed E-state index contributed by atoms with van der Waals surface area (Å²) >= 11 is 3.49. The molecular formula is C18H21BrN4O3. The van der Waals surface area contributed by atoms with Crippen molar-refractivity contribution in [3.8, 4) is 0 Å². The van der Waals surface area contributed by atoms with Gasteiger partial charge in [0.2, 0.25) is 5.88 Å². The molecule has 0 bridgehead atoms. The lowest BCUT2D eigenvalue weighted by atomic mass is 10.1. The Morgan fingerprint density at radius 2 is 2.00 bits per heavy atom. The molecule has 2 amide bonds. The van der Waals surface area contributed by atoms with E-state index in [9.17, 15) is 4.79 Å². The van der Waals surface area contributed by atoms with Crippen molar-refractivity contribution in [1.82, 2.24) is 5.43 Å². The standard InChI is InChI=1S/C18H21BrN4O3/c1-12-3-4-14(9-13(12)2)21-18(24)22-20-11-15-10-16(19)17(26-15)23-5-7-25-8-6-23/h3-4,9-11H,5-8H2,1-2H3,(H2,21,22,24)/b20-11+. The summed E-state index contributed by atoms with van der Waals surface area (Å²) in [6, 6.07) is 7.13. The van der Waals surface area contributed by atoms with E-state index in [1.807, 2.05) is 38.1 Å². The van der Waals surface area contributed by atoms with Crippen LogP contribution in [0.1, 0.15) is 16.9 Å². The second-order valence-electron chi connectivity index (χ2n) is 6.02. The fourth-order valence-electron chi connectivity index (χ4n) is 2.55. The predicted octanol–water partition coefficient (Wildman–Crippen LogP) is 3.65. The number of anilines is 2. The van der Waals surface area contributed by atoms with Crippen molar-refractivity contribution in [2.75, 3.05) is 36.5 Å². The molecule has 1 aliphatic heterocycles. The molecule has 138 valence electrons. The molecule has 1 fully saturated rings. The van der Waals surface area contributed by atoms with Crippen LogP contribution in [0.2, 0.25) is 0 Å². The summed E-state index contributed by atoms with van der Waals surface area (Å²) in [4.78, 5) is 14.0. The highest BCUT2D eigenvalue weighted by molar-refractivity contribution is 9.10. The smallest absolute Gasteiger partial charge is 0.339 e. The van der Waals surface area contributed by atoms with Gasteiger partial charge in [-0.3, -0.25) is 0 Å². The SMILES string of the molecule is Cc1ccc(NC(=O)N/N=C/c2cc(Br)c(N3CCOCC3)o2)cc1C. The molecule has 26 heavy (non-hydrogen) atoms. The van der Waals surface area contributed by atoms with Crippen molar-refractivity contribution in [3.63, 3.8) is 0 Å². The molecule has 0 unspecified atom stereocenters. The molecule has 2 heterocycles. The van der Waals surface area contributed by atoms with Crippen LogP contribution in [-0.4, -0.2) is 38.5 Å². The van der Waals surface area contributed by atoms with Crippen LogP contribution in [0.5, 0.6) is 0 Å². The number of hydrogen-bond donors (Lipinski definition) is 2. The van der Waals surface area contributed by atoms with E-state index in [1.54, 1.807) is 0 Å². The molecule has 1 aromatic heterocycles. The molecule has 0 spiro atoms. The zero-order valence-corrected chi connectivity index (χ0v) is 16.3. The second-order valence-corrected chi connectivity index (χ2v) is 6.88. The maximum absolute atomic E-state index is 11.9. The topological polar surface area (TPSA) is 79.1 Å². The van der Waals surface area contributed by atoms with Gasteiger partial charge in [0.25, 0.3) is 0 Å². The zero-order chi connectivity index (χ0) is 18.5. The zero-order valence-electron chi connectivity index (χ0n) is 14.7. The van der Waals surface area contributed by atoms with Crippen LogP contribution in [0.3, 0.4) is 0 Å². The van der Waals surface area contributed by atoms with E-state index >= 15 is 0 Å². The predicted molar refractivity (Wildman–Crippen MR) is 105 cm³/mol. The average molecular weight is 421 g/mol. The van der Waals surface area contributed by atoms with Gasteiger partial charge >= 0.3 is 6.03 Å². The Morgan fingerprint density at radius 1 is 1.23 bits per heavy atom. The number of carbonyl (C=O) groups excluding carboxylic acids is 1. The summed E-state index contributed by atoms with van der Waals surface area (Å²) in [6.07, 6.45) is 1.47. The average Bonchev–Trinajstić information content (AvgIpc) is 2.99. The minimum atomic E-state index is -0.413. The van der Waals surface area contributed by atoms with E-state index in [-0.39, 0.29) is 0 Å². The highest BCUT2D eigenvalue weighted by atomic mass is 79.9. The van der Waals surface area contributed by atoms with Crippen LogP contribution in [0.4, 0.5) is 16.4 Å². The molecule has 0 saturated carbocycles. The van der Waals surface area contributed by atoms with Gasteiger partial charge in [0, 0.05) is 24.8 Å². The number of benzene rings is 1. The van der Waals surface area contributed by atoms with Gasteiger partial charge in [0.1, 0.15) is 0 Å². The molecule has 1 aliphatic rings. The lowest BCUT2D eigenvalue weighted by Crippen LogP contribution is -2.36. The number of hydrogen-bond acceptors (Lipinski definition) is 5. The highest BCUT2D eigenvalue weighted by Crippen LogP contribution is 2.30. The van der Waals surface area contributed by atoms with Gasteiger partial charge in [-0.2, -0.15) is 5.10 Å². The first-order chi connectivity index (χ1) is 12.5. The van der Waals surface area contributed by atoms with Gasteiger partial charge in [0.15, 0.2) is 5.76 Å². The Balaban J connectivity index is 1.56. The Labute approximate surface area is 160 Å². The molecule has 2 N–H and O–H groups in total. The number of rotatable bonds is 4. The van der Waals surface area contributed by atoms with Crippen molar-refractivity contribution in [2.24, 2.45) is 5.10 Å². The summed E-state index contributed by atoms with van der Waals surface area (Å²) < 4.78 is 12.0. The van der Waals surface area contributed by atoms with Gasteiger partial charge in [-0.05, 0) is 53.0 Å². The number of amides is 2. The maximum Gasteiger partial charge on any atom is 0.339 e. The van der Waals surface area contributed by atoms with Gasteiger partial charge in [-0.15, -0.1) is 0 Å². The second kappa shape index (κ2) is 8.37. The monoisotopic (exact) mass is 420 g/mol. The van der Waals surface area contributed by atoms with Crippen molar-refractivity contribution in [1.29, 1.82) is 0 Å². The number of carbonyl (C=O) groups is 1. The third-order valence-corrected chi connectivity index (χ3v) is 4.68. The number of morpholine rings is 1. The van der Waals surface area contributed by atoms with Crippen LogP contribution in [-0.2, 0) is 4.74 Å². The molecule has 1 saturated heterocycles. The summed E-state index contributed by atoms with van der Waals surface area (Å²) in [5.74, 6) is 1.29. The molecule has 2 aromatic rings. The van der Waals surface area contributed by atoms with Crippen LogP contribution >= 0.6 is 15.9 Å². The number of nitrogens with zero attached hydrogens (tertiary/aromatic N) is 2. The van der Waals surface area contributed by atoms with Crippen molar-refractivity contribution >= 4 is 39.7 Å². The van der Waals surface area contributed by atoms with E-state index in [0.29, 0.717) is 19.0 Å². The van der Waals surface area contributed by atoms with Gasteiger partial charge in [-0.25, -0.2) is 10.2 Å². The van der Waals surface area contributed by atoms with E-state index in [2.05, 4.69) is 36.7 Å². The summed E-state index contributed by atoms with van der Waals surface area (Å²) in [6.45, 7) is 6.93. The normalized spacial score (nSPS) is 14.7. The number of hydrazone groups is 1.